The highest BCUT2D eigenvalue weighted by Crippen LogP contribution is 2.48. The Morgan fingerprint density at radius 2 is 1.34 bits per heavy atom. The molecule has 1 aliphatic carbocycles. The molecule has 3 nitrogen and oxygen atoms in total. The molecule has 56 heavy (non-hydrogen) atoms. The minimum absolute atomic E-state index is 0.926. The van der Waals surface area contributed by atoms with Crippen LogP contribution in [0.4, 0.5) is 11.4 Å². The summed E-state index contributed by atoms with van der Waals surface area (Å²) in [6.07, 6.45) is 4.30. The first-order valence-electron chi connectivity index (χ1n) is 19.4. The molecule has 0 spiro atoms. The Labute approximate surface area is 331 Å². The van der Waals surface area contributed by atoms with E-state index in [9.17, 15) is 0 Å². The summed E-state index contributed by atoms with van der Waals surface area (Å²) in [5.41, 5.74) is 19.2. The van der Waals surface area contributed by atoms with Gasteiger partial charge in [-0.15, -0.1) is 12.6 Å². The molecule has 1 unspecified atom stereocenters. The Bertz CT molecular complexity index is 3110. The fourth-order valence-electron chi connectivity index (χ4n) is 9.23. The van der Waals surface area contributed by atoms with Gasteiger partial charge < -0.3 is 4.57 Å². The smallest absolute Gasteiger partial charge is 0.150 e. The van der Waals surface area contributed by atoms with Crippen molar-refractivity contribution in [2.24, 2.45) is 0 Å². The first-order valence-corrected chi connectivity index (χ1v) is 19.9. The molecule has 2 aliphatic rings. The number of aryl methyl sites for hydroxylation is 1. The lowest BCUT2D eigenvalue weighted by Crippen LogP contribution is -2.99. The molecule has 0 fully saturated rings. The average Bonchev–Trinajstić information content (AvgIpc) is 3.77. The molecule has 0 saturated heterocycles. The van der Waals surface area contributed by atoms with E-state index in [0.29, 0.717) is 0 Å². The lowest BCUT2D eigenvalue weighted by molar-refractivity contribution is -0.712. The maximum atomic E-state index is 5.30. The summed E-state index contributed by atoms with van der Waals surface area (Å²) in [5.74, 6) is 0. The molecular weight excluding hydrogens is 699 g/mol. The number of nitrogens with one attached hydrogen (secondary N) is 1. The first kappa shape index (κ1) is 32.9. The summed E-state index contributed by atoms with van der Waals surface area (Å²) in [4.78, 5) is 7.81. The van der Waals surface area contributed by atoms with E-state index in [4.69, 9.17) is 17.6 Å². The monoisotopic (exact) mass is 736 g/mol. The van der Waals surface area contributed by atoms with Crippen LogP contribution in [0.5, 0.6) is 0 Å². The molecule has 11 rings (SSSR count). The number of hydrogen-bond acceptors (Lipinski definition) is 2. The number of benzene rings is 7. The second kappa shape index (κ2) is 13.1. The molecule has 3 heterocycles. The number of rotatable bonds is 5. The summed E-state index contributed by atoms with van der Waals surface area (Å²) < 4.78 is 2.45. The van der Waals surface area contributed by atoms with Crippen LogP contribution in [0, 0.1) is 6.92 Å². The van der Waals surface area contributed by atoms with Crippen molar-refractivity contribution in [3.63, 3.8) is 0 Å². The van der Waals surface area contributed by atoms with Crippen LogP contribution in [0.15, 0.2) is 187 Å². The predicted octanol–water partition coefficient (Wildman–Crippen LogP) is 12.8. The molecule has 1 N–H and O–H groups in total. The summed E-state index contributed by atoms with van der Waals surface area (Å²) >= 11 is 5.02. The number of nitrogens with zero attached hydrogens (tertiary/aromatic N) is 2. The Morgan fingerprint density at radius 1 is 0.589 bits per heavy atom. The number of aromatic nitrogens is 2. The second-order valence-electron chi connectivity index (χ2n) is 15.0. The molecule has 266 valence electrons. The second-order valence-corrected chi connectivity index (χ2v) is 15.5. The molecule has 2 aromatic heterocycles. The number of quaternary nitrogens is 1. The van der Waals surface area contributed by atoms with Crippen molar-refractivity contribution < 1.29 is 4.90 Å². The first-order chi connectivity index (χ1) is 27.6. The van der Waals surface area contributed by atoms with E-state index in [2.05, 4.69) is 187 Å². The zero-order valence-electron chi connectivity index (χ0n) is 31.0. The number of pyridine rings is 1. The van der Waals surface area contributed by atoms with Gasteiger partial charge in [-0.25, -0.2) is 9.88 Å². The van der Waals surface area contributed by atoms with Crippen LogP contribution < -0.4 is 4.90 Å². The predicted molar refractivity (Wildman–Crippen MR) is 237 cm³/mol. The molecule has 0 amide bonds. The van der Waals surface area contributed by atoms with Gasteiger partial charge in [-0.1, -0.05) is 115 Å². The van der Waals surface area contributed by atoms with Crippen molar-refractivity contribution in [1.29, 1.82) is 0 Å². The van der Waals surface area contributed by atoms with Gasteiger partial charge in [0.1, 0.15) is 17.1 Å². The molecule has 9 aromatic rings. The van der Waals surface area contributed by atoms with Crippen LogP contribution in [0.3, 0.4) is 0 Å². The van der Waals surface area contributed by atoms with Gasteiger partial charge in [0.15, 0.2) is 0 Å². The van der Waals surface area contributed by atoms with Gasteiger partial charge in [0.25, 0.3) is 0 Å². The van der Waals surface area contributed by atoms with Crippen LogP contribution in [0.25, 0.3) is 77.5 Å². The maximum Gasteiger partial charge on any atom is 0.150 e. The highest BCUT2D eigenvalue weighted by atomic mass is 32.1. The Kier molecular flexibility index (Phi) is 7.70. The van der Waals surface area contributed by atoms with Gasteiger partial charge in [0.05, 0.1) is 33.4 Å². The maximum absolute atomic E-state index is 5.30. The van der Waals surface area contributed by atoms with Crippen LogP contribution in [0.1, 0.15) is 24.0 Å². The summed E-state index contributed by atoms with van der Waals surface area (Å²) in [7, 11) is 0. The molecule has 1 atom stereocenters. The largest absolute Gasteiger partial charge is 0.309 e. The lowest BCUT2D eigenvalue weighted by atomic mass is 9.93. The quantitative estimate of drug-likeness (QED) is 0.169. The zero-order chi connectivity index (χ0) is 37.3. The van der Waals surface area contributed by atoms with Crippen LogP contribution in [0.2, 0.25) is 0 Å². The normalized spacial score (nSPS) is 15.0. The fourth-order valence-corrected chi connectivity index (χ4v) is 9.52. The van der Waals surface area contributed by atoms with Crippen LogP contribution >= 0.6 is 12.6 Å². The van der Waals surface area contributed by atoms with Crippen LogP contribution in [-0.2, 0) is 0 Å². The van der Waals surface area contributed by atoms with E-state index in [-0.39, 0.29) is 0 Å². The van der Waals surface area contributed by atoms with E-state index >= 15 is 0 Å². The van der Waals surface area contributed by atoms with Gasteiger partial charge in [-0.2, -0.15) is 0 Å². The van der Waals surface area contributed by atoms with Crippen molar-refractivity contribution in [2.75, 3.05) is 0 Å². The topological polar surface area (TPSA) is 22.3 Å². The van der Waals surface area contributed by atoms with E-state index in [1.165, 1.54) is 71.6 Å². The summed E-state index contributed by atoms with van der Waals surface area (Å²) in [5, 5.41) is 3.68. The van der Waals surface area contributed by atoms with Gasteiger partial charge in [0.2, 0.25) is 0 Å². The molecule has 0 radical (unpaired) electrons. The minimum Gasteiger partial charge on any atom is -0.309 e. The van der Waals surface area contributed by atoms with Gasteiger partial charge in [-0.3, -0.25) is 0 Å². The zero-order valence-corrected chi connectivity index (χ0v) is 31.9. The van der Waals surface area contributed by atoms with Gasteiger partial charge >= 0.3 is 0 Å². The fraction of sp³-hybridized carbons (Fsp3) is 0.0577. The highest BCUT2D eigenvalue weighted by molar-refractivity contribution is 7.84. The van der Waals surface area contributed by atoms with Crippen molar-refractivity contribution >= 4 is 62.3 Å². The Hall–Kier alpha value is -6.46. The summed E-state index contributed by atoms with van der Waals surface area (Å²) in [6.45, 7) is 2.20. The third-order valence-corrected chi connectivity index (χ3v) is 12.2. The number of fused-ring (bicyclic) bond motifs is 8. The van der Waals surface area contributed by atoms with Gasteiger partial charge in [0, 0.05) is 57.6 Å². The lowest BCUT2D eigenvalue weighted by Gasteiger charge is -2.23. The number of thiol groups is 1. The molecule has 0 saturated carbocycles. The minimum atomic E-state index is 0.926. The van der Waals surface area contributed by atoms with Crippen molar-refractivity contribution in [1.82, 2.24) is 9.55 Å². The molecule has 1 aliphatic heterocycles. The Morgan fingerprint density at radius 3 is 2.23 bits per heavy atom. The van der Waals surface area contributed by atoms with Gasteiger partial charge in [-0.05, 0) is 83.0 Å². The third kappa shape index (κ3) is 5.14. The molecule has 0 bridgehead atoms. The summed E-state index contributed by atoms with van der Waals surface area (Å²) in [6, 6.07) is 61.5. The van der Waals surface area contributed by atoms with E-state index in [0.717, 1.165) is 56.7 Å². The SMILES string of the molecule is Cc1ccccc1C1=C(S)CCC([NH+]2c3ccccc3-c3c2ccc2c3c3ccccc3n2-c2cccc(-c3nc4ccccc4cc3-c3ccccc3)c2)=C1. The average molecular weight is 737 g/mol. The molecular formula is C52H38N3S+. The van der Waals surface area contributed by atoms with Crippen LogP contribution in [-0.4, -0.2) is 9.55 Å². The standard InChI is InChI=1S/C52H37N3S/c1-33-14-5-7-20-39(33)43-32-38(26-29-49(43)56)55-46-25-12-9-22-41(46)51-48(55)28-27-47-50(51)40-21-8-11-24-45(40)54(47)37-19-13-18-36(30-37)52-42(34-15-3-2-4-16-34)31-35-17-6-10-23-44(35)53-52/h2-25,27-28,30-32,56H,26,29H2,1H3/p+1. The molecule has 7 aromatic carbocycles. The Balaban J connectivity index is 1.11. The van der Waals surface area contributed by atoms with Crippen molar-refractivity contribution in [3.8, 4) is 39.2 Å². The van der Waals surface area contributed by atoms with E-state index in [1.54, 1.807) is 0 Å². The third-order valence-electron chi connectivity index (χ3n) is 11.8. The molecule has 4 heteroatoms. The number of para-hydroxylation sites is 3. The van der Waals surface area contributed by atoms with Crippen molar-refractivity contribution in [2.45, 2.75) is 19.8 Å². The van der Waals surface area contributed by atoms with E-state index < -0.39 is 0 Å². The van der Waals surface area contributed by atoms with Crippen molar-refractivity contribution in [3.05, 3.63) is 198 Å². The number of allylic oxidation sites excluding steroid dienone is 4. The highest BCUT2D eigenvalue weighted by Gasteiger charge is 2.38. The number of hydrogen-bond donors (Lipinski definition) is 2. The van der Waals surface area contributed by atoms with E-state index in [1.807, 2.05) is 0 Å².